The number of carbonyl (C=O) groups is 1. The molecule has 0 fully saturated rings. The molecule has 7 nitrogen and oxygen atoms in total. The van der Waals surface area contributed by atoms with Crippen LogP contribution >= 0.6 is 0 Å². The Morgan fingerprint density at radius 3 is 2.58 bits per heavy atom. The summed E-state index contributed by atoms with van der Waals surface area (Å²) in [7, 11) is 0. The number of phenolic OH excluding ortho intramolecular Hbond substituents is 3. The number of phenols is 3. The monoisotopic (exact) mass is 326 g/mol. The van der Waals surface area contributed by atoms with Crippen LogP contribution in [0.25, 0.3) is 11.0 Å². The van der Waals surface area contributed by atoms with Gasteiger partial charge in [-0.1, -0.05) is 12.1 Å². The number of hydrogen-bond donors (Lipinski definition) is 4. The second kappa shape index (κ2) is 5.96. The summed E-state index contributed by atoms with van der Waals surface area (Å²) in [5, 5.41) is 33.1. The van der Waals surface area contributed by atoms with Crippen molar-refractivity contribution in [3.8, 4) is 17.2 Å². The van der Waals surface area contributed by atoms with Crippen molar-refractivity contribution < 1.29 is 24.5 Å². The molecular formula is C17H14N2O5. The molecule has 3 rings (SSSR count). The van der Waals surface area contributed by atoms with Gasteiger partial charge in [-0.2, -0.15) is 5.10 Å². The first-order valence-electron chi connectivity index (χ1n) is 7.04. The van der Waals surface area contributed by atoms with Gasteiger partial charge in [-0.25, -0.2) is 5.43 Å². The Hall–Kier alpha value is -3.48. The quantitative estimate of drug-likeness (QED) is 0.335. The number of para-hydroxylation sites is 1. The van der Waals surface area contributed by atoms with E-state index in [1.165, 1.54) is 30.5 Å². The number of fused-ring (bicyclic) bond motifs is 1. The number of furan rings is 1. The molecule has 0 saturated heterocycles. The number of hydrogen-bond acceptors (Lipinski definition) is 6. The summed E-state index contributed by atoms with van der Waals surface area (Å²) in [5.74, 6) is -1.15. The number of rotatable bonds is 3. The molecule has 0 bridgehead atoms. The topological polar surface area (TPSA) is 115 Å². The highest BCUT2D eigenvalue weighted by Crippen LogP contribution is 2.32. The van der Waals surface area contributed by atoms with Gasteiger partial charge in [0, 0.05) is 11.1 Å². The molecule has 0 unspecified atom stereocenters. The maximum absolute atomic E-state index is 12.2. The Morgan fingerprint density at radius 1 is 1.12 bits per heavy atom. The highest BCUT2D eigenvalue weighted by Gasteiger charge is 2.19. The lowest BCUT2D eigenvalue weighted by molar-refractivity contribution is 0.0929. The first-order valence-corrected chi connectivity index (χ1v) is 7.04. The van der Waals surface area contributed by atoms with Gasteiger partial charge in [-0.15, -0.1) is 0 Å². The van der Waals surface area contributed by atoms with Gasteiger partial charge in [-0.05, 0) is 31.2 Å². The first-order chi connectivity index (χ1) is 11.5. The third-order valence-electron chi connectivity index (χ3n) is 3.55. The average Bonchev–Trinajstić information content (AvgIpc) is 2.90. The number of carbonyl (C=O) groups excluding carboxylic acids is 1. The van der Waals surface area contributed by atoms with Crippen LogP contribution in [0.5, 0.6) is 17.2 Å². The Labute approximate surface area is 136 Å². The van der Waals surface area contributed by atoms with E-state index in [1.54, 1.807) is 19.1 Å². The first kappa shape index (κ1) is 15.4. The number of benzene rings is 2. The van der Waals surface area contributed by atoms with Crippen molar-refractivity contribution in [2.45, 2.75) is 6.92 Å². The number of aryl methyl sites for hydroxylation is 1. The molecule has 1 aromatic heterocycles. The van der Waals surface area contributed by atoms with Gasteiger partial charge in [-0.3, -0.25) is 4.79 Å². The van der Waals surface area contributed by atoms with Crippen molar-refractivity contribution in [2.24, 2.45) is 5.10 Å². The van der Waals surface area contributed by atoms with Crippen molar-refractivity contribution >= 4 is 23.1 Å². The van der Waals surface area contributed by atoms with Gasteiger partial charge in [0.2, 0.25) is 0 Å². The number of hydrazone groups is 1. The minimum atomic E-state index is -0.598. The summed E-state index contributed by atoms with van der Waals surface area (Å²) in [4.78, 5) is 12.2. The third-order valence-corrected chi connectivity index (χ3v) is 3.55. The summed E-state index contributed by atoms with van der Waals surface area (Å²) < 4.78 is 5.45. The Balaban J connectivity index is 1.83. The lowest BCUT2D eigenvalue weighted by Gasteiger charge is -2.01. The molecule has 0 aliphatic carbocycles. The molecule has 0 saturated carbocycles. The van der Waals surface area contributed by atoms with E-state index in [0.717, 1.165) is 0 Å². The van der Waals surface area contributed by atoms with Crippen LogP contribution in [0.4, 0.5) is 0 Å². The molecule has 1 heterocycles. The molecule has 1 amide bonds. The number of amides is 1. The van der Waals surface area contributed by atoms with E-state index in [0.29, 0.717) is 16.5 Å². The van der Waals surface area contributed by atoms with Gasteiger partial charge in [0.1, 0.15) is 11.3 Å². The molecular weight excluding hydrogens is 312 g/mol. The lowest BCUT2D eigenvalue weighted by atomic mass is 10.1. The zero-order valence-electron chi connectivity index (χ0n) is 12.6. The standard InChI is InChI=1S/C17H14N2O5/c1-9-14-11(20)5-3-7-13(14)24-16(9)17(23)19-18-8-10-4-2-6-12(21)15(10)22/h2-8,20-22H,1H3,(H,19,23). The largest absolute Gasteiger partial charge is 0.507 e. The predicted molar refractivity (Wildman–Crippen MR) is 87.4 cm³/mol. The summed E-state index contributed by atoms with van der Waals surface area (Å²) in [6.07, 6.45) is 1.20. The van der Waals surface area contributed by atoms with Crippen LogP contribution < -0.4 is 5.43 Å². The third kappa shape index (κ3) is 2.63. The summed E-state index contributed by atoms with van der Waals surface area (Å²) in [6.45, 7) is 1.66. The van der Waals surface area contributed by atoms with Crippen LogP contribution in [0.1, 0.15) is 21.7 Å². The van der Waals surface area contributed by atoms with Crippen LogP contribution in [-0.2, 0) is 0 Å². The van der Waals surface area contributed by atoms with E-state index in [9.17, 15) is 20.1 Å². The number of aromatic hydroxyl groups is 3. The summed E-state index contributed by atoms with van der Waals surface area (Å²) >= 11 is 0. The van der Waals surface area contributed by atoms with Gasteiger partial charge in [0.25, 0.3) is 0 Å². The minimum Gasteiger partial charge on any atom is -0.507 e. The maximum Gasteiger partial charge on any atom is 0.307 e. The van der Waals surface area contributed by atoms with Crippen LogP contribution in [0, 0.1) is 6.92 Å². The fraction of sp³-hybridized carbons (Fsp3) is 0.0588. The number of nitrogens with zero attached hydrogens (tertiary/aromatic N) is 1. The van der Waals surface area contributed by atoms with Crippen molar-refractivity contribution in [3.63, 3.8) is 0 Å². The van der Waals surface area contributed by atoms with Crippen molar-refractivity contribution in [3.05, 3.63) is 53.3 Å². The normalized spacial score (nSPS) is 11.2. The Morgan fingerprint density at radius 2 is 1.83 bits per heavy atom. The molecule has 0 spiro atoms. The van der Waals surface area contributed by atoms with Crippen LogP contribution in [-0.4, -0.2) is 27.4 Å². The highest BCUT2D eigenvalue weighted by atomic mass is 16.3. The van der Waals surface area contributed by atoms with Gasteiger partial charge in [0.15, 0.2) is 17.3 Å². The summed E-state index contributed by atoms with van der Waals surface area (Å²) in [5.41, 5.74) is 3.41. The van der Waals surface area contributed by atoms with Crippen LogP contribution in [0.15, 0.2) is 45.9 Å². The average molecular weight is 326 g/mol. The molecule has 0 aliphatic rings. The molecule has 2 aromatic carbocycles. The van der Waals surface area contributed by atoms with E-state index in [-0.39, 0.29) is 28.6 Å². The maximum atomic E-state index is 12.2. The fourth-order valence-corrected chi connectivity index (χ4v) is 2.36. The molecule has 24 heavy (non-hydrogen) atoms. The molecule has 3 aromatic rings. The van der Waals surface area contributed by atoms with Gasteiger partial charge < -0.3 is 19.7 Å². The number of nitrogens with one attached hydrogen (secondary N) is 1. The smallest absolute Gasteiger partial charge is 0.307 e. The summed E-state index contributed by atoms with van der Waals surface area (Å²) in [6, 6.07) is 9.16. The SMILES string of the molecule is Cc1c(C(=O)NN=Cc2cccc(O)c2O)oc2cccc(O)c12. The molecule has 4 N–H and O–H groups in total. The molecule has 0 radical (unpaired) electrons. The highest BCUT2D eigenvalue weighted by molar-refractivity contribution is 6.01. The fourth-order valence-electron chi connectivity index (χ4n) is 2.36. The minimum absolute atomic E-state index is 0.0287. The van der Waals surface area contributed by atoms with Crippen LogP contribution in [0.2, 0.25) is 0 Å². The van der Waals surface area contributed by atoms with Crippen molar-refractivity contribution in [2.75, 3.05) is 0 Å². The molecule has 0 aliphatic heterocycles. The molecule has 7 heteroatoms. The second-order valence-corrected chi connectivity index (χ2v) is 5.12. The molecule has 122 valence electrons. The zero-order valence-corrected chi connectivity index (χ0v) is 12.6. The second-order valence-electron chi connectivity index (χ2n) is 5.12. The predicted octanol–water partition coefficient (Wildman–Crippen LogP) is 2.62. The Bertz CT molecular complexity index is 959. The van der Waals surface area contributed by atoms with Crippen molar-refractivity contribution in [1.82, 2.24) is 5.43 Å². The zero-order chi connectivity index (χ0) is 17.3. The van der Waals surface area contributed by atoms with E-state index < -0.39 is 5.91 Å². The lowest BCUT2D eigenvalue weighted by Crippen LogP contribution is -2.17. The van der Waals surface area contributed by atoms with E-state index in [1.807, 2.05) is 0 Å². The van der Waals surface area contributed by atoms with E-state index in [2.05, 4.69) is 10.5 Å². The van der Waals surface area contributed by atoms with Gasteiger partial charge >= 0.3 is 5.91 Å². The van der Waals surface area contributed by atoms with Crippen LogP contribution in [0.3, 0.4) is 0 Å². The molecule has 0 atom stereocenters. The van der Waals surface area contributed by atoms with Gasteiger partial charge in [0.05, 0.1) is 11.6 Å². The van der Waals surface area contributed by atoms with Crippen molar-refractivity contribution in [1.29, 1.82) is 0 Å². The Kier molecular flexibility index (Phi) is 3.83. The van der Waals surface area contributed by atoms with E-state index >= 15 is 0 Å². The van der Waals surface area contributed by atoms with E-state index in [4.69, 9.17) is 4.42 Å².